The molecule has 80 valence electrons. The highest BCUT2D eigenvalue weighted by Crippen LogP contribution is 2.29. The highest BCUT2D eigenvalue weighted by molar-refractivity contribution is 9.10. The Morgan fingerprint density at radius 2 is 2.33 bits per heavy atom. The average Bonchev–Trinajstić information content (AvgIpc) is 2.15. The molecule has 0 spiro atoms. The summed E-state index contributed by atoms with van der Waals surface area (Å²) < 4.78 is 5.59. The van der Waals surface area contributed by atoms with Crippen molar-refractivity contribution < 1.29 is 9.66 Å². The van der Waals surface area contributed by atoms with Crippen molar-refractivity contribution in [3.05, 3.63) is 32.8 Å². The largest absolute Gasteiger partial charge is 0.479 e. The first-order valence-corrected chi connectivity index (χ1v) is 4.69. The van der Waals surface area contributed by atoms with Crippen LogP contribution in [-0.4, -0.2) is 17.4 Å². The van der Waals surface area contributed by atoms with Gasteiger partial charge in [0.1, 0.15) is 12.4 Å². The summed E-state index contributed by atoms with van der Waals surface area (Å²) in [6, 6.07) is 4.39. The fourth-order valence-corrected chi connectivity index (χ4v) is 1.26. The van der Waals surface area contributed by atoms with Crippen molar-refractivity contribution in [2.75, 3.05) is 6.61 Å². The molecule has 0 unspecified atom stereocenters. The zero-order valence-electron chi connectivity index (χ0n) is 7.57. The fraction of sp³-hybridized carbons (Fsp3) is 0.125. The van der Waals surface area contributed by atoms with Gasteiger partial charge in [0.2, 0.25) is 0 Å². The van der Waals surface area contributed by atoms with Crippen LogP contribution in [0.4, 0.5) is 5.69 Å². The lowest BCUT2D eigenvalue weighted by atomic mass is 10.3. The van der Waals surface area contributed by atoms with Gasteiger partial charge in [0.25, 0.3) is 0 Å². The summed E-state index contributed by atoms with van der Waals surface area (Å²) in [4.78, 5) is 10.1. The van der Waals surface area contributed by atoms with Crippen molar-refractivity contribution in [2.45, 2.75) is 0 Å². The Kier molecular flexibility index (Phi) is 3.62. The maximum atomic E-state index is 10.6. The van der Waals surface area contributed by atoms with Gasteiger partial charge in [-0.2, -0.15) is 0 Å². The summed E-state index contributed by atoms with van der Waals surface area (Å²) in [5, 5.41) is 17.6. The lowest BCUT2D eigenvalue weighted by Gasteiger charge is -2.05. The molecule has 0 amide bonds. The number of hydrogen-bond acceptors (Lipinski definition) is 4. The molecule has 0 aliphatic heterocycles. The Morgan fingerprint density at radius 1 is 1.67 bits per heavy atom. The normalized spacial score (nSPS) is 9.67. The minimum Gasteiger partial charge on any atom is -0.479 e. The van der Waals surface area contributed by atoms with Crippen LogP contribution in [0, 0.1) is 15.5 Å². The maximum Gasteiger partial charge on any atom is 0.312 e. The van der Waals surface area contributed by atoms with Gasteiger partial charge in [-0.3, -0.25) is 15.5 Å². The monoisotopic (exact) mass is 273 g/mol. The van der Waals surface area contributed by atoms with E-state index < -0.39 is 4.92 Å². The van der Waals surface area contributed by atoms with Gasteiger partial charge in [0.15, 0.2) is 5.75 Å². The van der Waals surface area contributed by atoms with Crippen molar-refractivity contribution >= 4 is 27.5 Å². The third kappa shape index (κ3) is 3.21. The number of hydrogen-bond donors (Lipinski definition) is 2. The molecule has 0 fully saturated rings. The van der Waals surface area contributed by atoms with Crippen LogP contribution in [0.1, 0.15) is 0 Å². The Labute approximate surface area is 93.8 Å². The Balaban J connectivity index is 2.95. The highest BCUT2D eigenvalue weighted by atomic mass is 79.9. The van der Waals surface area contributed by atoms with E-state index in [2.05, 4.69) is 15.9 Å². The fourth-order valence-electron chi connectivity index (χ4n) is 0.911. The van der Waals surface area contributed by atoms with Gasteiger partial charge in [-0.1, -0.05) is 15.9 Å². The molecule has 0 bridgehead atoms. The van der Waals surface area contributed by atoms with Gasteiger partial charge < -0.3 is 10.5 Å². The van der Waals surface area contributed by atoms with Crippen molar-refractivity contribution in [2.24, 2.45) is 5.73 Å². The topological polar surface area (TPSA) is 102 Å². The van der Waals surface area contributed by atoms with Crippen LogP contribution >= 0.6 is 15.9 Å². The maximum absolute atomic E-state index is 10.6. The Hall–Kier alpha value is -1.63. The number of nitro groups is 1. The highest BCUT2D eigenvalue weighted by Gasteiger charge is 2.15. The molecule has 0 aromatic heterocycles. The van der Waals surface area contributed by atoms with E-state index in [1.165, 1.54) is 12.1 Å². The van der Waals surface area contributed by atoms with E-state index in [9.17, 15) is 10.1 Å². The molecular formula is C8H8BrN3O3. The first-order chi connectivity index (χ1) is 7.00. The minimum atomic E-state index is -0.555. The van der Waals surface area contributed by atoms with E-state index in [1.807, 2.05) is 0 Å². The molecule has 3 N–H and O–H groups in total. The van der Waals surface area contributed by atoms with E-state index in [1.54, 1.807) is 6.07 Å². The zero-order chi connectivity index (χ0) is 11.4. The van der Waals surface area contributed by atoms with Crippen LogP contribution in [0.5, 0.6) is 5.75 Å². The van der Waals surface area contributed by atoms with E-state index >= 15 is 0 Å². The van der Waals surface area contributed by atoms with Crippen molar-refractivity contribution in [3.8, 4) is 5.75 Å². The van der Waals surface area contributed by atoms with Crippen molar-refractivity contribution in [3.63, 3.8) is 0 Å². The third-order valence-corrected chi connectivity index (χ3v) is 1.99. The van der Waals surface area contributed by atoms with Gasteiger partial charge in [-0.25, -0.2) is 0 Å². The number of nitro benzene ring substituents is 1. The summed E-state index contributed by atoms with van der Waals surface area (Å²) in [5.74, 6) is -0.0920. The summed E-state index contributed by atoms with van der Waals surface area (Å²) >= 11 is 3.12. The number of rotatable bonds is 4. The van der Waals surface area contributed by atoms with E-state index in [4.69, 9.17) is 15.9 Å². The van der Waals surface area contributed by atoms with E-state index in [-0.39, 0.29) is 23.9 Å². The molecule has 0 radical (unpaired) electrons. The second-order valence-corrected chi connectivity index (χ2v) is 3.60. The number of amidine groups is 1. The van der Waals surface area contributed by atoms with Gasteiger partial charge >= 0.3 is 5.69 Å². The number of nitrogens with zero attached hydrogens (tertiary/aromatic N) is 1. The predicted octanol–water partition coefficient (Wildman–Crippen LogP) is 1.67. The number of nitrogens with two attached hydrogens (primary N) is 1. The standard InChI is InChI=1S/C8H8BrN3O3/c9-5-1-2-7(15-4-8(10)11)6(3-5)12(13)14/h1-3H,4H2,(H3,10,11). The number of benzene rings is 1. The molecule has 1 rings (SSSR count). The van der Waals surface area contributed by atoms with E-state index in [0.717, 1.165) is 0 Å². The lowest BCUT2D eigenvalue weighted by Crippen LogP contribution is -2.19. The summed E-state index contributed by atoms with van der Waals surface area (Å²) in [5.41, 5.74) is 4.91. The first kappa shape index (κ1) is 11.4. The number of halogens is 1. The minimum absolute atomic E-state index is 0.0957. The van der Waals surface area contributed by atoms with Crippen LogP contribution in [0.3, 0.4) is 0 Å². The predicted molar refractivity (Wildman–Crippen MR) is 58.2 cm³/mol. The number of nitrogens with one attached hydrogen (secondary N) is 1. The van der Waals surface area contributed by atoms with Gasteiger partial charge in [0.05, 0.1) is 4.92 Å². The third-order valence-electron chi connectivity index (χ3n) is 1.50. The molecule has 1 aromatic rings. The van der Waals surface area contributed by atoms with E-state index in [0.29, 0.717) is 4.47 Å². The zero-order valence-corrected chi connectivity index (χ0v) is 9.15. The van der Waals surface area contributed by atoms with Gasteiger partial charge in [0, 0.05) is 10.5 Å². The molecule has 6 nitrogen and oxygen atoms in total. The Morgan fingerprint density at radius 3 is 2.87 bits per heavy atom. The van der Waals surface area contributed by atoms with Gasteiger partial charge in [-0.05, 0) is 12.1 Å². The second kappa shape index (κ2) is 4.74. The first-order valence-electron chi connectivity index (χ1n) is 3.90. The second-order valence-electron chi connectivity index (χ2n) is 2.68. The smallest absolute Gasteiger partial charge is 0.312 e. The Bertz CT molecular complexity index is 408. The van der Waals surface area contributed by atoms with Crippen LogP contribution in [0.2, 0.25) is 0 Å². The molecule has 0 aliphatic carbocycles. The molecule has 15 heavy (non-hydrogen) atoms. The summed E-state index contributed by atoms with van der Waals surface area (Å²) in [7, 11) is 0. The molecule has 0 saturated carbocycles. The molecular weight excluding hydrogens is 266 g/mol. The molecule has 1 aromatic carbocycles. The quantitative estimate of drug-likeness (QED) is 0.377. The molecule has 0 heterocycles. The molecule has 0 atom stereocenters. The molecule has 7 heteroatoms. The van der Waals surface area contributed by atoms with Crippen molar-refractivity contribution in [1.82, 2.24) is 0 Å². The van der Waals surface area contributed by atoms with Crippen LogP contribution < -0.4 is 10.5 Å². The van der Waals surface area contributed by atoms with Crippen molar-refractivity contribution in [1.29, 1.82) is 5.41 Å². The van der Waals surface area contributed by atoms with Gasteiger partial charge in [-0.15, -0.1) is 0 Å². The molecule has 0 saturated heterocycles. The van der Waals surface area contributed by atoms with Crippen LogP contribution in [0.15, 0.2) is 22.7 Å². The SMILES string of the molecule is N=C(N)COc1ccc(Br)cc1[N+](=O)[O-]. The van der Waals surface area contributed by atoms with Crippen LogP contribution in [-0.2, 0) is 0 Å². The summed E-state index contributed by atoms with van der Waals surface area (Å²) in [6.07, 6.45) is 0. The molecule has 0 aliphatic rings. The average molecular weight is 274 g/mol. The number of ether oxygens (including phenoxy) is 1. The summed E-state index contributed by atoms with van der Waals surface area (Å²) in [6.45, 7) is -0.164. The lowest BCUT2D eigenvalue weighted by molar-refractivity contribution is -0.385. The van der Waals surface area contributed by atoms with Crippen LogP contribution in [0.25, 0.3) is 0 Å².